The summed E-state index contributed by atoms with van der Waals surface area (Å²) >= 11 is 17.2. The van der Waals surface area contributed by atoms with Crippen LogP contribution in [-0.4, -0.2) is 24.3 Å². The quantitative estimate of drug-likeness (QED) is 0.155. The fraction of sp³-hybridized carbons (Fsp3) is 0.207. The first-order valence-electron chi connectivity index (χ1n) is 12.4. The number of methoxy groups -OCH3 is 1. The van der Waals surface area contributed by atoms with Gasteiger partial charge in [0.15, 0.2) is 16.3 Å². The number of halogens is 3. The second-order valence-electron chi connectivity index (χ2n) is 8.88. The summed E-state index contributed by atoms with van der Waals surface area (Å²) in [6.07, 6.45) is 1.79. The Kier molecular flexibility index (Phi) is 9.24. The third-order valence-electron chi connectivity index (χ3n) is 6.27. The number of benzene rings is 2. The SMILES string of the molecule is CCOC(=O)C1=C(C)N=c2s/c(=C/c3cc(I)c(OCc4ccc(Cl)cc4Cl)c(OC)c3)c(=O)n2[C@H]1c1cccs1. The predicted molar refractivity (Wildman–Crippen MR) is 171 cm³/mol. The number of hydrogen-bond donors (Lipinski definition) is 0. The van der Waals surface area contributed by atoms with Gasteiger partial charge in [-0.2, -0.15) is 0 Å². The van der Waals surface area contributed by atoms with E-state index in [4.69, 9.17) is 37.4 Å². The normalized spacial score (nSPS) is 15.0. The molecule has 0 unspecified atom stereocenters. The van der Waals surface area contributed by atoms with Gasteiger partial charge in [-0.1, -0.05) is 46.7 Å². The molecule has 0 radical (unpaired) electrons. The molecule has 0 fully saturated rings. The van der Waals surface area contributed by atoms with E-state index in [1.807, 2.05) is 35.7 Å². The molecule has 1 aliphatic rings. The highest BCUT2D eigenvalue weighted by molar-refractivity contribution is 14.1. The Morgan fingerprint density at radius 2 is 2.02 bits per heavy atom. The zero-order valence-electron chi connectivity index (χ0n) is 22.1. The lowest BCUT2D eigenvalue weighted by atomic mass is 10.0. The lowest BCUT2D eigenvalue weighted by molar-refractivity contribution is -0.139. The Bertz CT molecular complexity index is 1850. The molecule has 0 N–H and O–H groups in total. The van der Waals surface area contributed by atoms with E-state index < -0.39 is 12.0 Å². The fourth-order valence-electron chi connectivity index (χ4n) is 4.41. The van der Waals surface area contributed by atoms with Crippen molar-refractivity contribution >= 4 is 80.5 Å². The second-order valence-corrected chi connectivity index (χ2v) is 12.9. The van der Waals surface area contributed by atoms with E-state index in [9.17, 15) is 9.59 Å². The second kappa shape index (κ2) is 12.7. The van der Waals surface area contributed by atoms with Crippen molar-refractivity contribution in [1.29, 1.82) is 0 Å². The van der Waals surface area contributed by atoms with Crippen molar-refractivity contribution in [3.05, 3.63) is 108 Å². The van der Waals surface area contributed by atoms with Crippen LogP contribution < -0.4 is 24.4 Å². The van der Waals surface area contributed by atoms with Gasteiger partial charge in [0.05, 0.1) is 33.1 Å². The standard InChI is InChI=1S/C29H23Cl2IN2O5S2/c1-4-38-28(36)24-15(2)33-29-34(25(24)22-6-5-9-40-22)27(35)23(41-29)12-16-10-20(32)26(21(11-16)37-3)39-14-17-7-8-18(30)13-19(17)31/h5-13,25H,4,14H2,1-3H3/b23-12+/t25-/m0/s1. The van der Waals surface area contributed by atoms with E-state index in [-0.39, 0.29) is 18.8 Å². The molecule has 3 heterocycles. The van der Waals surface area contributed by atoms with Crippen LogP contribution in [0.25, 0.3) is 6.08 Å². The highest BCUT2D eigenvalue weighted by atomic mass is 127. The number of esters is 1. The van der Waals surface area contributed by atoms with E-state index in [0.29, 0.717) is 42.1 Å². The minimum atomic E-state index is -0.613. The number of carbonyl (C=O) groups excluding carboxylic acids is 1. The molecule has 212 valence electrons. The summed E-state index contributed by atoms with van der Waals surface area (Å²) in [6, 6.07) is 12.2. The number of allylic oxidation sites excluding steroid dienone is 1. The summed E-state index contributed by atoms with van der Waals surface area (Å²) in [5, 5.41) is 2.98. The van der Waals surface area contributed by atoms with Crippen LogP contribution in [0, 0.1) is 3.57 Å². The van der Waals surface area contributed by atoms with Gasteiger partial charge in [0.25, 0.3) is 5.56 Å². The van der Waals surface area contributed by atoms with Crippen molar-refractivity contribution in [2.24, 2.45) is 4.99 Å². The van der Waals surface area contributed by atoms with Crippen LogP contribution in [-0.2, 0) is 16.1 Å². The third-order valence-corrected chi connectivity index (χ3v) is 9.56. The number of nitrogens with zero attached hydrogens (tertiary/aromatic N) is 2. The van der Waals surface area contributed by atoms with Gasteiger partial charge in [-0.25, -0.2) is 9.79 Å². The Morgan fingerprint density at radius 1 is 1.22 bits per heavy atom. The first-order chi connectivity index (χ1) is 19.7. The molecular formula is C29H23Cl2IN2O5S2. The number of hydrogen-bond acceptors (Lipinski definition) is 8. The maximum Gasteiger partial charge on any atom is 0.338 e. The van der Waals surface area contributed by atoms with Crippen molar-refractivity contribution in [3.8, 4) is 11.5 Å². The Labute approximate surface area is 267 Å². The van der Waals surface area contributed by atoms with Gasteiger partial charge in [0.1, 0.15) is 12.6 Å². The average molecular weight is 741 g/mol. The van der Waals surface area contributed by atoms with Crippen LogP contribution in [0.4, 0.5) is 0 Å². The van der Waals surface area contributed by atoms with Crippen LogP contribution in [0.5, 0.6) is 11.5 Å². The molecule has 0 saturated carbocycles. The molecule has 2 aromatic heterocycles. The number of rotatable bonds is 8. The molecule has 0 amide bonds. The first-order valence-corrected chi connectivity index (χ1v) is 15.9. The van der Waals surface area contributed by atoms with Crippen molar-refractivity contribution in [1.82, 2.24) is 4.57 Å². The van der Waals surface area contributed by atoms with E-state index in [2.05, 4.69) is 27.6 Å². The largest absolute Gasteiger partial charge is 0.493 e. The summed E-state index contributed by atoms with van der Waals surface area (Å²) in [7, 11) is 1.56. The summed E-state index contributed by atoms with van der Waals surface area (Å²) in [6.45, 7) is 3.98. The van der Waals surface area contributed by atoms with Gasteiger partial charge in [-0.05, 0) is 83.8 Å². The number of thiazole rings is 1. The van der Waals surface area contributed by atoms with Gasteiger partial charge in [0, 0.05) is 20.5 Å². The van der Waals surface area contributed by atoms with Crippen LogP contribution in [0.3, 0.4) is 0 Å². The maximum atomic E-state index is 13.8. The maximum absolute atomic E-state index is 13.8. The molecule has 0 spiro atoms. The average Bonchev–Trinajstić information content (AvgIpc) is 3.56. The molecule has 41 heavy (non-hydrogen) atoms. The smallest absolute Gasteiger partial charge is 0.338 e. The minimum Gasteiger partial charge on any atom is -0.493 e. The highest BCUT2D eigenvalue weighted by Gasteiger charge is 2.33. The third kappa shape index (κ3) is 6.12. The monoisotopic (exact) mass is 740 g/mol. The molecule has 0 bridgehead atoms. The summed E-state index contributed by atoms with van der Waals surface area (Å²) < 4.78 is 19.9. The van der Waals surface area contributed by atoms with E-state index in [1.165, 1.54) is 22.7 Å². The van der Waals surface area contributed by atoms with E-state index in [0.717, 1.165) is 19.6 Å². The van der Waals surface area contributed by atoms with Crippen LogP contribution in [0.2, 0.25) is 10.0 Å². The topological polar surface area (TPSA) is 79.1 Å². The summed E-state index contributed by atoms with van der Waals surface area (Å²) in [5.41, 5.74) is 2.20. The Morgan fingerprint density at radius 3 is 2.71 bits per heavy atom. The number of thiophene rings is 1. The molecule has 2 aromatic carbocycles. The Hall–Kier alpha value is -2.64. The van der Waals surface area contributed by atoms with Crippen LogP contribution in [0.15, 0.2) is 68.9 Å². The minimum absolute atomic E-state index is 0.226. The van der Waals surface area contributed by atoms with Crippen molar-refractivity contribution in [2.45, 2.75) is 26.5 Å². The molecule has 4 aromatic rings. The summed E-state index contributed by atoms with van der Waals surface area (Å²) in [4.78, 5) is 32.8. The number of fused-ring (bicyclic) bond motifs is 1. The molecule has 12 heteroatoms. The van der Waals surface area contributed by atoms with Crippen molar-refractivity contribution in [2.75, 3.05) is 13.7 Å². The van der Waals surface area contributed by atoms with E-state index >= 15 is 0 Å². The molecule has 1 aliphatic heterocycles. The zero-order chi connectivity index (χ0) is 29.3. The predicted octanol–water partition coefficient (Wildman–Crippen LogP) is 6.36. The van der Waals surface area contributed by atoms with E-state index in [1.54, 1.807) is 43.7 Å². The first kappa shape index (κ1) is 29.8. The van der Waals surface area contributed by atoms with Gasteiger partial charge in [0.2, 0.25) is 0 Å². The molecular weight excluding hydrogens is 718 g/mol. The molecule has 0 aliphatic carbocycles. The molecule has 0 saturated heterocycles. The van der Waals surface area contributed by atoms with Gasteiger partial charge < -0.3 is 14.2 Å². The number of ether oxygens (including phenoxy) is 3. The number of aromatic nitrogens is 1. The van der Waals surface area contributed by atoms with Crippen molar-refractivity contribution < 1.29 is 19.0 Å². The fourth-order valence-corrected chi connectivity index (χ4v) is 7.53. The molecule has 1 atom stereocenters. The van der Waals surface area contributed by atoms with Crippen molar-refractivity contribution in [3.63, 3.8) is 0 Å². The lowest BCUT2D eigenvalue weighted by Crippen LogP contribution is -2.39. The molecule has 7 nitrogen and oxygen atoms in total. The highest BCUT2D eigenvalue weighted by Crippen LogP contribution is 2.36. The number of carbonyl (C=O) groups is 1. The van der Waals surface area contributed by atoms with Gasteiger partial charge in [-0.15, -0.1) is 11.3 Å². The van der Waals surface area contributed by atoms with Crippen LogP contribution >= 0.6 is 68.5 Å². The van der Waals surface area contributed by atoms with Gasteiger partial charge in [-0.3, -0.25) is 9.36 Å². The summed E-state index contributed by atoms with van der Waals surface area (Å²) in [5.74, 6) is 0.597. The van der Waals surface area contributed by atoms with Crippen LogP contribution in [0.1, 0.15) is 35.9 Å². The Balaban J connectivity index is 1.54. The lowest BCUT2D eigenvalue weighted by Gasteiger charge is -2.23. The van der Waals surface area contributed by atoms with Gasteiger partial charge >= 0.3 is 5.97 Å². The molecule has 5 rings (SSSR count). The zero-order valence-corrected chi connectivity index (χ0v) is 27.4.